The summed E-state index contributed by atoms with van der Waals surface area (Å²) in [5, 5.41) is 10.4. The van der Waals surface area contributed by atoms with Crippen LogP contribution in [0.15, 0.2) is 53.0 Å². The molecule has 0 aliphatic carbocycles. The highest BCUT2D eigenvalue weighted by molar-refractivity contribution is 9.11. The predicted octanol–water partition coefficient (Wildman–Crippen LogP) is 4.13. The van der Waals surface area contributed by atoms with Crippen molar-refractivity contribution < 1.29 is 33.8 Å². The second kappa shape index (κ2) is 14.4. The smallest absolute Gasteiger partial charge is 0.313 e. The average molecular weight is 701 g/mol. The molecule has 46 heavy (non-hydrogen) atoms. The van der Waals surface area contributed by atoms with Gasteiger partial charge in [-0.05, 0) is 37.8 Å². The van der Waals surface area contributed by atoms with E-state index in [1.165, 1.54) is 4.90 Å². The summed E-state index contributed by atoms with van der Waals surface area (Å²) in [4.78, 5) is 61.7. The molecule has 2 fully saturated rings. The Kier molecular flexibility index (Phi) is 10.7. The summed E-state index contributed by atoms with van der Waals surface area (Å²) < 4.78 is 13.5. The molecule has 5 bridgehead atoms. The maximum atomic E-state index is 14.7. The first kappa shape index (κ1) is 34.3. The van der Waals surface area contributed by atoms with Crippen molar-refractivity contribution in [3.05, 3.63) is 58.6 Å². The third kappa shape index (κ3) is 6.06. The van der Waals surface area contributed by atoms with Crippen LogP contribution >= 0.6 is 15.9 Å². The van der Waals surface area contributed by atoms with Gasteiger partial charge in [-0.3, -0.25) is 19.2 Å². The Balaban J connectivity index is 1.63. The minimum atomic E-state index is -1.41. The summed E-state index contributed by atoms with van der Waals surface area (Å²) in [5.41, 5.74) is -0.693. The standard InChI is InChI=1S/C35H46BrN3O7/c1-5-7-13-18-38-19-14-9-12-17-26(41)37(4)22(3)29(23-15-10-8-11-16-23)45-34(44)27-28-32(42)39(24(6-2)21-40)31(33(38)43)35(28)20-25(36)30(27)46-35/h8-11,14-16,20,22,24,27-31,40H,5-7,12-13,17-19,21H2,1-4H3/b14-9-/t22-,24-,27+,28-,29+,30+,31+,35-/m0/s1. The normalized spacial score (nSPS) is 33.3. The van der Waals surface area contributed by atoms with Gasteiger partial charge in [0.05, 0.1) is 24.6 Å². The van der Waals surface area contributed by atoms with Crippen molar-refractivity contribution in [2.75, 3.05) is 26.7 Å². The third-order valence-corrected chi connectivity index (χ3v) is 10.8. The second-order valence-corrected chi connectivity index (χ2v) is 13.7. The number of halogens is 1. The SMILES string of the molecule is CCCCCN1C/C=C\CCC(=O)N(C)[C@@H](C)[C@H](c2ccccc2)OC(=O)[C@H]2[C@@H]3O[C@@]4(C=C3Br)[C@@H]2C(=O)N([C@@H](CC)CO)[C@@H]4C1=O. The molecule has 11 heteroatoms. The number of cyclic esters (lactones) is 1. The molecule has 250 valence electrons. The fraction of sp³-hybridized carbons (Fsp3) is 0.600. The van der Waals surface area contributed by atoms with Crippen LogP contribution in [-0.2, 0) is 28.7 Å². The zero-order chi connectivity index (χ0) is 33.2. The molecule has 0 unspecified atom stereocenters. The van der Waals surface area contributed by atoms with Crippen LogP contribution in [0.5, 0.6) is 0 Å². The van der Waals surface area contributed by atoms with Gasteiger partial charge in [0.15, 0.2) is 0 Å². The van der Waals surface area contributed by atoms with Gasteiger partial charge < -0.3 is 29.3 Å². The molecular weight excluding hydrogens is 654 g/mol. The van der Waals surface area contributed by atoms with E-state index in [1.807, 2.05) is 56.3 Å². The highest BCUT2D eigenvalue weighted by atomic mass is 79.9. The highest BCUT2D eigenvalue weighted by Crippen LogP contribution is 2.59. The van der Waals surface area contributed by atoms with Crippen LogP contribution in [-0.4, -0.2) is 100 Å². The first-order valence-corrected chi connectivity index (χ1v) is 17.3. The number of rotatable bonds is 8. The number of ether oxygens (including phenoxy) is 2. The molecule has 5 rings (SSSR count). The van der Waals surface area contributed by atoms with Crippen molar-refractivity contribution in [2.45, 2.75) is 95.2 Å². The van der Waals surface area contributed by atoms with Gasteiger partial charge in [-0.15, -0.1) is 0 Å². The third-order valence-electron chi connectivity index (χ3n) is 10.1. The van der Waals surface area contributed by atoms with Crippen molar-refractivity contribution in [1.29, 1.82) is 0 Å². The summed E-state index contributed by atoms with van der Waals surface area (Å²) in [6.07, 6.45) is 7.82. The molecule has 1 spiro atoms. The molecule has 10 nitrogen and oxygen atoms in total. The van der Waals surface area contributed by atoms with Gasteiger partial charge in [0.1, 0.15) is 29.8 Å². The number of hydrogen-bond donors (Lipinski definition) is 1. The summed E-state index contributed by atoms with van der Waals surface area (Å²) in [7, 11) is 1.71. The Bertz CT molecular complexity index is 1360. The van der Waals surface area contributed by atoms with Crippen molar-refractivity contribution in [3.63, 3.8) is 0 Å². The number of allylic oxidation sites excluding steroid dienone is 1. The number of hydrogen-bond acceptors (Lipinski definition) is 7. The number of likely N-dealkylation sites (tertiary alicyclic amines) is 1. The Labute approximate surface area is 279 Å². The molecule has 4 aliphatic rings. The Morgan fingerprint density at radius 2 is 1.78 bits per heavy atom. The molecule has 1 N–H and O–H groups in total. The van der Waals surface area contributed by atoms with Crippen LogP contribution in [0.2, 0.25) is 0 Å². The van der Waals surface area contributed by atoms with E-state index in [1.54, 1.807) is 22.9 Å². The molecule has 3 amide bonds. The molecule has 8 atom stereocenters. The van der Waals surface area contributed by atoms with E-state index in [0.29, 0.717) is 30.4 Å². The molecule has 0 aromatic heterocycles. The van der Waals surface area contributed by atoms with Gasteiger partial charge >= 0.3 is 5.97 Å². The maximum Gasteiger partial charge on any atom is 0.313 e. The van der Waals surface area contributed by atoms with Crippen molar-refractivity contribution in [1.82, 2.24) is 14.7 Å². The van der Waals surface area contributed by atoms with Crippen LogP contribution in [0.1, 0.15) is 71.0 Å². The molecular formula is C35H46BrN3O7. The van der Waals surface area contributed by atoms with Crippen LogP contribution in [0.4, 0.5) is 0 Å². The zero-order valence-corrected chi connectivity index (χ0v) is 28.7. The highest BCUT2D eigenvalue weighted by Gasteiger charge is 2.75. The van der Waals surface area contributed by atoms with E-state index in [-0.39, 0.29) is 24.8 Å². The van der Waals surface area contributed by atoms with Crippen LogP contribution in [0.3, 0.4) is 0 Å². The van der Waals surface area contributed by atoms with E-state index < -0.39 is 59.6 Å². The van der Waals surface area contributed by atoms with Crippen molar-refractivity contribution >= 4 is 39.6 Å². The van der Waals surface area contributed by atoms with E-state index in [0.717, 1.165) is 24.8 Å². The van der Waals surface area contributed by atoms with E-state index in [2.05, 4.69) is 22.9 Å². The topological polar surface area (TPSA) is 117 Å². The Hall–Kier alpha value is -3.02. The van der Waals surface area contributed by atoms with Crippen LogP contribution in [0.25, 0.3) is 0 Å². The number of carbonyl (C=O) groups is 4. The number of aliphatic hydroxyl groups is 1. The van der Waals surface area contributed by atoms with Gasteiger partial charge in [-0.2, -0.15) is 0 Å². The van der Waals surface area contributed by atoms with E-state index in [4.69, 9.17) is 9.47 Å². The average Bonchev–Trinajstić information content (AvgIpc) is 3.65. The van der Waals surface area contributed by atoms with E-state index in [9.17, 15) is 24.3 Å². The van der Waals surface area contributed by atoms with Crippen molar-refractivity contribution in [2.24, 2.45) is 11.8 Å². The van der Waals surface area contributed by atoms with Gasteiger partial charge in [0.2, 0.25) is 17.7 Å². The number of fused-ring (bicyclic) bond motifs is 2. The number of likely N-dealkylation sites (N-methyl/N-ethyl adjacent to an activating group) is 1. The fourth-order valence-corrected chi connectivity index (χ4v) is 8.19. The second-order valence-electron chi connectivity index (χ2n) is 12.8. The lowest BCUT2D eigenvalue weighted by atomic mass is 9.74. The summed E-state index contributed by atoms with van der Waals surface area (Å²) >= 11 is 3.60. The number of carbonyl (C=O) groups excluding carboxylic acids is 4. The maximum absolute atomic E-state index is 14.7. The Morgan fingerprint density at radius 3 is 2.46 bits per heavy atom. The van der Waals surface area contributed by atoms with E-state index >= 15 is 0 Å². The fourth-order valence-electron chi connectivity index (χ4n) is 7.45. The molecule has 0 saturated carbocycles. The lowest BCUT2D eigenvalue weighted by Gasteiger charge is -2.38. The minimum absolute atomic E-state index is 0.0956. The minimum Gasteiger partial charge on any atom is -0.455 e. The van der Waals surface area contributed by atoms with Gasteiger partial charge in [-0.25, -0.2) is 0 Å². The molecule has 2 saturated heterocycles. The number of unbranched alkanes of at least 4 members (excludes halogenated alkanes) is 2. The molecule has 4 heterocycles. The van der Waals surface area contributed by atoms with Gasteiger partial charge in [-0.1, -0.05) is 85.1 Å². The van der Waals surface area contributed by atoms with Gasteiger partial charge in [0, 0.05) is 31.0 Å². The first-order chi connectivity index (χ1) is 22.1. The lowest BCUT2D eigenvalue weighted by molar-refractivity contribution is -0.164. The monoisotopic (exact) mass is 699 g/mol. The van der Waals surface area contributed by atoms with Gasteiger partial charge in [0.25, 0.3) is 0 Å². The van der Waals surface area contributed by atoms with Crippen LogP contribution < -0.4 is 0 Å². The Morgan fingerprint density at radius 1 is 1.04 bits per heavy atom. The number of benzene rings is 1. The molecule has 1 aromatic carbocycles. The molecule has 0 radical (unpaired) electrons. The largest absolute Gasteiger partial charge is 0.455 e. The van der Waals surface area contributed by atoms with Crippen molar-refractivity contribution in [3.8, 4) is 0 Å². The predicted molar refractivity (Wildman–Crippen MR) is 175 cm³/mol. The summed E-state index contributed by atoms with van der Waals surface area (Å²) in [5.74, 6) is -3.47. The number of aliphatic hydroxyl groups excluding tert-OH is 1. The quantitative estimate of drug-likeness (QED) is 0.247. The number of nitrogens with zero attached hydrogens (tertiary/aromatic N) is 3. The summed E-state index contributed by atoms with van der Waals surface area (Å²) in [6, 6.07) is 7.05. The first-order valence-electron chi connectivity index (χ1n) is 16.5. The number of amides is 3. The summed E-state index contributed by atoms with van der Waals surface area (Å²) in [6.45, 7) is 6.25. The number of esters is 1. The van der Waals surface area contributed by atoms with Crippen LogP contribution in [0, 0.1) is 11.8 Å². The molecule has 4 aliphatic heterocycles. The zero-order valence-electron chi connectivity index (χ0n) is 27.1. The lowest BCUT2D eigenvalue weighted by Crippen LogP contribution is -2.58. The molecule has 1 aromatic rings.